The van der Waals surface area contributed by atoms with Gasteiger partial charge in [-0.3, -0.25) is 10.4 Å². The van der Waals surface area contributed by atoms with Crippen molar-refractivity contribution in [3.05, 3.63) is 47.7 Å². The monoisotopic (exact) mass is 398 g/mol. The standard InChI is InChI=1S/C21H26N4O4/c1-21(9-10-21)23-20(27)29-16-8-7-15(11-16)17-12-18(25-24-17)22-19(26)28-13-14-5-3-2-4-6-14/h2-6,12,15-16H,7-11,13H2,1H3,(H,23,27)(H2,22,24,25,26)/t15-,16+/m0/s1. The molecule has 4 rings (SSSR count). The van der Waals surface area contributed by atoms with Crippen LogP contribution in [0.3, 0.4) is 0 Å². The second-order valence-electron chi connectivity index (χ2n) is 8.12. The predicted molar refractivity (Wildman–Crippen MR) is 106 cm³/mol. The lowest BCUT2D eigenvalue weighted by molar-refractivity contribution is 0.0967. The molecule has 2 fully saturated rings. The molecule has 8 heteroatoms. The molecule has 154 valence electrons. The quantitative estimate of drug-likeness (QED) is 0.680. The van der Waals surface area contributed by atoms with Crippen LogP contribution in [0.5, 0.6) is 0 Å². The maximum Gasteiger partial charge on any atom is 0.413 e. The smallest absolute Gasteiger partial charge is 0.413 e. The fraction of sp³-hybridized carbons (Fsp3) is 0.476. The average molecular weight is 398 g/mol. The summed E-state index contributed by atoms with van der Waals surface area (Å²) in [6.07, 6.45) is 3.49. The molecule has 1 aromatic heterocycles. The molecule has 1 aromatic carbocycles. The van der Waals surface area contributed by atoms with E-state index in [2.05, 4.69) is 20.8 Å². The zero-order valence-electron chi connectivity index (χ0n) is 16.4. The van der Waals surface area contributed by atoms with Gasteiger partial charge in [-0.05, 0) is 44.6 Å². The number of carbonyl (C=O) groups is 2. The maximum atomic E-state index is 12.0. The molecule has 2 amide bonds. The summed E-state index contributed by atoms with van der Waals surface area (Å²) in [7, 11) is 0. The van der Waals surface area contributed by atoms with Gasteiger partial charge in [-0.1, -0.05) is 30.3 Å². The third kappa shape index (κ3) is 5.28. The Hall–Kier alpha value is -3.03. The van der Waals surface area contributed by atoms with E-state index in [-0.39, 0.29) is 30.3 Å². The fourth-order valence-electron chi connectivity index (χ4n) is 3.54. The summed E-state index contributed by atoms with van der Waals surface area (Å²) in [5, 5.41) is 12.7. The van der Waals surface area contributed by atoms with Crippen molar-refractivity contribution in [3.63, 3.8) is 0 Å². The summed E-state index contributed by atoms with van der Waals surface area (Å²) >= 11 is 0. The number of aromatic amines is 1. The molecule has 2 aliphatic carbocycles. The Morgan fingerprint density at radius 1 is 1.21 bits per heavy atom. The third-order valence-corrected chi connectivity index (χ3v) is 5.54. The number of ether oxygens (including phenoxy) is 2. The van der Waals surface area contributed by atoms with Crippen molar-refractivity contribution >= 4 is 18.0 Å². The van der Waals surface area contributed by atoms with E-state index in [9.17, 15) is 9.59 Å². The highest BCUT2D eigenvalue weighted by atomic mass is 16.6. The minimum atomic E-state index is -0.551. The number of nitrogens with one attached hydrogen (secondary N) is 3. The Labute approximate surface area is 169 Å². The van der Waals surface area contributed by atoms with E-state index in [1.807, 2.05) is 43.3 Å². The number of alkyl carbamates (subject to hydrolysis) is 1. The normalized spacial score (nSPS) is 22.0. The molecule has 2 aromatic rings. The number of anilines is 1. The summed E-state index contributed by atoms with van der Waals surface area (Å²) in [5.41, 5.74) is 1.76. The van der Waals surface area contributed by atoms with Gasteiger partial charge in [-0.2, -0.15) is 5.10 Å². The topological polar surface area (TPSA) is 105 Å². The zero-order valence-corrected chi connectivity index (χ0v) is 16.4. The van der Waals surface area contributed by atoms with Crippen LogP contribution < -0.4 is 10.6 Å². The molecule has 0 saturated heterocycles. The van der Waals surface area contributed by atoms with Gasteiger partial charge < -0.3 is 14.8 Å². The van der Waals surface area contributed by atoms with Crippen LogP contribution in [0.1, 0.15) is 56.2 Å². The molecule has 2 aliphatic rings. The molecular formula is C21H26N4O4. The molecule has 0 bridgehead atoms. The second-order valence-corrected chi connectivity index (χ2v) is 8.12. The Kier molecular flexibility index (Phi) is 5.42. The Morgan fingerprint density at radius 3 is 2.76 bits per heavy atom. The first kappa shape index (κ1) is 19.3. The number of hydrogen-bond donors (Lipinski definition) is 3. The molecular weight excluding hydrogens is 372 g/mol. The number of aromatic nitrogens is 2. The maximum absolute atomic E-state index is 12.0. The van der Waals surface area contributed by atoms with E-state index in [1.54, 1.807) is 0 Å². The van der Waals surface area contributed by atoms with Crippen LogP contribution in [-0.2, 0) is 16.1 Å². The lowest BCUT2D eigenvalue weighted by Gasteiger charge is -2.16. The first-order valence-electron chi connectivity index (χ1n) is 10.0. The van der Waals surface area contributed by atoms with Gasteiger partial charge in [-0.25, -0.2) is 9.59 Å². The SMILES string of the molecule is CC1(NC(=O)O[C@@H]2CC[C@H](c3cc(NC(=O)OCc4ccccc4)n[nH]3)C2)CC1. The van der Waals surface area contributed by atoms with Crippen molar-refractivity contribution in [2.75, 3.05) is 5.32 Å². The van der Waals surface area contributed by atoms with Crippen molar-refractivity contribution in [2.24, 2.45) is 0 Å². The largest absolute Gasteiger partial charge is 0.446 e. The van der Waals surface area contributed by atoms with Crippen LogP contribution in [-0.4, -0.2) is 34.0 Å². The van der Waals surface area contributed by atoms with Crippen molar-refractivity contribution in [1.82, 2.24) is 15.5 Å². The van der Waals surface area contributed by atoms with E-state index in [0.29, 0.717) is 5.82 Å². The minimum absolute atomic E-state index is 0.0752. The summed E-state index contributed by atoms with van der Waals surface area (Å²) in [5.74, 6) is 0.634. The van der Waals surface area contributed by atoms with Crippen LogP contribution in [0.15, 0.2) is 36.4 Å². The van der Waals surface area contributed by atoms with Gasteiger partial charge in [0.1, 0.15) is 12.7 Å². The highest BCUT2D eigenvalue weighted by molar-refractivity contribution is 5.83. The van der Waals surface area contributed by atoms with Crippen LogP contribution in [0.4, 0.5) is 15.4 Å². The number of hydrogen-bond acceptors (Lipinski definition) is 5. The summed E-state index contributed by atoms with van der Waals surface area (Å²) in [4.78, 5) is 23.9. The molecule has 0 spiro atoms. The van der Waals surface area contributed by atoms with Crippen LogP contribution >= 0.6 is 0 Å². The zero-order chi connectivity index (χ0) is 20.3. The number of carbonyl (C=O) groups excluding carboxylic acids is 2. The second kappa shape index (κ2) is 8.14. The molecule has 0 aliphatic heterocycles. The number of amides is 2. The van der Waals surface area contributed by atoms with Gasteiger partial charge in [0, 0.05) is 23.2 Å². The summed E-state index contributed by atoms with van der Waals surface area (Å²) in [6, 6.07) is 11.3. The number of benzene rings is 1. The van der Waals surface area contributed by atoms with Crippen molar-refractivity contribution < 1.29 is 19.1 Å². The van der Waals surface area contributed by atoms with Gasteiger partial charge in [0.2, 0.25) is 0 Å². The molecule has 29 heavy (non-hydrogen) atoms. The Balaban J connectivity index is 1.22. The molecule has 3 N–H and O–H groups in total. The Bertz CT molecular complexity index is 863. The average Bonchev–Trinajstić information content (AvgIpc) is 3.09. The lowest BCUT2D eigenvalue weighted by atomic mass is 10.0. The Morgan fingerprint density at radius 2 is 2.00 bits per heavy atom. The first-order chi connectivity index (χ1) is 14.0. The van der Waals surface area contributed by atoms with Gasteiger partial charge in [0.25, 0.3) is 0 Å². The van der Waals surface area contributed by atoms with Gasteiger partial charge in [-0.15, -0.1) is 0 Å². The first-order valence-corrected chi connectivity index (χ1v) is 10.0. The highest BCUT2D eigenvalue weighted by Crippen LogP contribution is 2.37. The number of rotatable bonds is 6. The van der Waals surface area contributed by atoms with Crippen LogP contribution in [0.2, 0.25) is 0 Å². The van der Waals surface area contributed by atoms with Crippen molar-refractivity contribution in [2.45, 2.75) is 63.2 Å². The lowest BCUT2D eigenvalue weighted by Crippen LogP contribution is -2.36. The van der Waals surface area contributed by atoms with E-state index in [1.165, 1.54) is 0 Å². The van der Waals surface area contributed by atoms with E-state index >= 15 is 0 Å². The molecule has 8 nitrogen and oxygen atoms in total. The summed E-state index contributed by atoms with van der Waals surface area (Å²) in [6.45, 7) is 2.22. The molecule has 0 unspecified atom stereocenters. The molecule has 2 saturated carbocycles. The minimum Gasteiger partial charge on any atom is -0.446 e. The fourth-order valence-corrected chi connectivity index (χ4v) is 3.54. The van der Waals surface area contributed by atoms with Gasteiger partial charge >= 0.3 is 12.2 Å². The van der Waals surface area contributed by atoms with E-state index in [4.69, 9.17) is 9.47 Å². The molecule has 0 radical (unpaired) electrons. The van der Waals surface area contributed by atoms with E-state index in [0.717, 1.165) is 43.4 Å². The van der Waals surface area contributed by atoms with Gasteiger partial charge in [0.05, 0.1) is 0 Å². The van der Waals surface area contributed by atoms with Crippen LogP contribution in [0, 0.1) is 0 Å². The van der Waals surface area contributed by atoms with Gasteiger partial charge in [0.15, 0.2) is 5.82 Å². The predicted octanol–water partition coefficient (Wildman–Crippen LogP) is 4.07. The van der Waals surface area contributed by atoms with Crippen LogP contribution in [0.25, 0.3) is 0 Å². The van der Waals surface area contributed by atoms with Crippen molar-refractivity contribution in [1.29, 1.82) is 0 Å². The third-order valence-electron chi connectivity index (χ3n) is 5.54. The number of H-pyrrole nitrogens is 1. The van der Waals surface area contributed by atoms with Crippen molar-refractivity contribution in [3.8, 4) is 0 Å². The molecule has 1 heterocycles. The molecule has 2 atom stereocenters. The number of nitrogens with zero attached hydrogens (tertiary/aromatic N) is 1. The van der Waals surface area contributed by atoms with E-state index < -0.39 is 6.09 Å². The highest BCUT2D eigenvalue weighted by Gasteiger charge is 2.40. The summed E-state index contributed by atoms with van der Waals surface area (Å²) < 4.78 is 10.8.